The molecule has 0 saturated carbocycles. The Morgan fingerprint density at radius 2 is 1.70 bits per heavy atom. The molecule has 3 heterocycles. The second-order valence-corrected chi connectivity index (χ2v) is 11.2. The average molecular weight is 560 g/mol. The molecule has 0 bridgehead atoms. The number of urea groups is 1. The molecule has 0 aliphatic rings. The first kappa shape index (κ1) is 26.5. The van der Waals surface area contributed by atoms with E-state index in [4.69, 9.17) is 21.1 Å². The maximum atomic E-state index is 12.5. The highest BCUT2D eigenvalue weighted by atomic mass is 32.2. The summed E-state index contributed by atoms with van der Waals surface area (Å²) < 4.78 is 18.9. The lowest BCUT2D eigenvalue weighted by Gasteiger charge is -2.12. The number of hydrogen-bond acceptors (Lipinski definition) is 9. The number of hydrogen-bond donors (Lipinski definition) is 4. The molecule has 6 N–H and O–H groups in total. The summed E-state index contributed by atoms with van der Waals surface area (Å²) in [6, 6.07) is 14.6. The van der Waals surface area contributed by atoms with Gasteiger partial charge in [0.2, 0.25) is 0 Å². The van der Waals surface area contributed by atoms with Gasteiger partial charge in [0.15, 0.2) is 11.5 Å². The van der Waals surface area contributed by atoms with E-state index >= 15 is 0 Å². The quantitative estimate of drug-likeness (QED) is 0.244. The maximum Gasteiger partial charge on any atom is 0.324 e. The zero-order valence-electron chi connectivity index (χ0n) is 21.7. The summed E-state index contributed by atoms with van der Waals surface area (Å²) in [5.41, 5.74) is 13.9. The number of carbonyl (C=O) groups is 2. The largest absolute Gasteiger partial charge is 0.383 e. The Kier molecular flexibility index (Phi) is 6.77. The van der Waals surface area contributed by atoms with Crippen molar-refractivity contribution in [1.29, 1.82) is 0 Å². The van der Waals surface area contributed by atoms with Gasteiger partial charge in [-0.15, -0.1) is 0 Å². The molecule has 0 saturated heterocycles. The summed E-state index contributed by atoms with van der Waals surface area (Å²) in [6.45, 7) is 5.95. The van der Waals surface area contributed by atoms with Crippen molar-refractivity contribution < 1.29 is 18.3 Å². The molecule has 3 aromatic heterocycles. The van der Waals surface area contributed by atoms with Crippen molar-refractivity contribution in [1.82, 2.24) is 24.9 Å². The number of benzene rings is 2. The molecule has 5 aromatic rings. The van der Waals surface area contributed by atoms with E-state index in [9.17, 15) is 13.8 Å². The molecule has 1 unspecified atom stereocenters. The first-order chi connectivity index (χ1) is 19.0. The standard InChI is InChI=1S/C26H25N9O4S/c1-26(2,3)18-12-19(34-39-18)32-25(37)31-15-6-8-16(9-7-15)35-23-20(22(27)29-13-30-23)21(33-35)14-4-10-17(11-5-14)40(38)24(28)36/h4-13H,1-3H3,(H2,28,36)(H2,27,29,30)(H2,31,32,34,37). The Morgan fingerprint density at radius 3 is 2.33 bits per heavy atom. The third kappa shape index (κ3) is 5.24. The third-order valence-electron chi connectivity index (χ3n) is 5.88. The van der Waals surface area contributed by atoms with E-state index in [1.807, 2.05) is 20.8 Å². The van der Waals surface area contributed by atoms with Gasteiger partial charge in [0.25, 0.3) is 0 Å². The molecule has 0 spiro atoms. The maximum absolute atomic E-state index is 12.5. The first-order valence-corrected chi connectivity index (χ1v) is 13.1. The van der Waals surface area contributed by atoms with Gasteiger partial charge in [0, 0.05) is 27.6 Å². The predicted octanol–water partition coefficient (Wildman–Crippen LogP) is 4.18. The predicted molar refractivity (Wildman–Crippen MR) is 150 cm³/mol. The zero-order chi connectivity index (χ0) is 28.6. The Morgan fingerprint density at radius 1 is 1.00 bits per heavy atom. The van der Waals surface area contributed by atoms with Crippen LogP contribution in [0.15, 0.2) is 70.3 Å². The van der Waals surface area contributed by atoms with Crippen LogP contribution in [-0.4, -0.2) is 40.4 Å². The fraction of sp³-hybridized carbons (Fsp3) is 0.154. The molecular formula is C26H25N9O4S. The number of nitrogens with zero attached hydrogens (tertiary/aromatic N) is 5. The van der Waals surface area contributed by atoms with E-state index < -0.39 is 22.1 Å². The van der Waals surface area contributed by atoms with Crippen LogP contribution in [0.4, 0.5) is 26.9 Å². The molecule has 1 atom stereocenters. The van der Waals surface area contributed by atoms with Gasteiger partial charge in [-0.25, -0.2) is 23.7 Å². The van der Waals surface area contributed by atoms with Crippen LogP contribution < -0.4 is 22.1 Å². The highest BCUT2D eigenvalue weighted by molar-refractivity contribution is 8.00. The summed E-state index contributed by atoms with van der Waals surface area (Å²) >= 11 is 0. The van der Waals surface area contributed by atoms with E-state index in [2.05, 4.69) is 25.8 Å². The van der Waals surface area contributed by atoms with Crippen LogP contribution in [0, 0.1) is 0 Å². The average Bonchev–Trinajstić information content (AvgIpc) is 3.55. The van der Waals surface area contributed by atoms with Gasteiger partial charge in [-0.1, -0.05) is 38.1 Å². The smallest absolute Gasteiger partial charge is 0.324 e. The van der Waals surface area contributed by atoms with Crippen molar-refractivity contribution in [3.05, 3.63) is 66.7 Å². The number of primary amides is 1. The number of anilines is 3. The summed E-state index contributed by atoms with van der Waals surface area (Å²) in [5, 5.41) is 13.6. The Hall–Kier alpha value is -5.11. The molecule has 3 amide bonds. The van der Waals surface area contributed by atoms with Crippen molar-refractivity contribution in [3.63, 3.8) is 0 Å². The van der Waals surface area contributed by atoms with Crippen LogP contribution >= 0.6 is 0 Å². The molecule has 0 aliphatic carbocycles. The zero-order valence-corrected chi connectivity index (χ0v) is 22.5. The minimum absolute atomic E-state index is 0.230. The second kappa shape index (κ2) is 10.2. The first-order valence-electron chi connectivity index (χ1n) is 12.0. The van der Waals surface area contributed by atoms with Gasteiger partial charge >= 0.3 is 11.3 Å². The van der Waals surface area contributed by atoms with Crippen LogP contribution in [0.1, 0.15) is 26.5 Å². The number of carbonyl (C=O) groups excluding carboxylic acids is 2. The molecule has 0 radical (unpaired) electrons. The van der Waals surface area contributed by atoms with Crippen LogP contribution in [0.3, 0.4) is 0 Å². The monoisotopic (exact) mass is 559 g/mol. The number of nitrogens with one attached hydrogen (secondary N) is 2. The number of rotatable bonds is 5. The van der Waals surface area contributed by atoms with Crippen molar-refractivity contribution in [2.24, 2.45) is 5.73 Å². The highest BCUT2D eigenvalue weighted by Crippen LogP contribution is 2.32. The molecular weight excluding hydrogens is 534 g/mol. The van der Waals surface area contributed by atoms with E-state index in [1.54, 1.807) is 47.1 Å². The van der Waals surface area contributed by atoms with E-state index in [0.29, 0.717) is 45.2 Å². The molecule has 5 rings (SSSR count). The van der Waals surface area contributed by atoms with Gasteiger partial charge in [-0.3, -0.25) is 10.1 Å². The van der Waals surface area contributed by atoms with Gasteiger partial charge in [0.1, 0.15) is 34.4 Å². The lowest BCUT2D eigenvalue weighted by Crippen LogP contribution is -2.19. The Bertz CT molecular complexity index is 1750. The van der Waals surface area contributed by atoms with Crippen LogP contribution in [0.5, 0.6) is 0 Å². The summed E-state index contributed by atoms with van der Waals surface area (Å²) in [7, 11) is -1.96. The van der Waals surface area contributed by atoms with E-state index in [-0.39, 0.29) is 16.1 Å². The number of fused-ring (bicyclic) bond motifs is 1. The second-order valence-electron chi connectivity index (χ2n) is 9.78. The van der Waals surface area contributed by atoms with Crippen molar-refractivity contribution >= 4 is 50.4 Å². The van der Waals surface area contributed by atoms with Crippen LogP contribution in [-0.2, 0) is 16.2 Å². The molecule has 0 aliphatic heterocycles. The van der Waals surface area contributed by atoms with Gasteiger partial charge in [-0.2, -0.15) is 5.10 Å². The topological polar surface area (TPSA) is 197 Å². The van der Waals surface area contributed by atoms with Crippen molar-refractivity contribution in [3.8, 4) is 16.9 Å². The van der Waals surface area contributed by atoms with Crippen LogP contribution in [0.25, 0.3) is 28.0 Å². The number of nitrogen functional groups attached to an aromatic ring is 1. The fourth-order valence-corrected chi connectivity index (χ4v) is 4.48. The van der Waals surface area contributed by atoms with Gasteiger partial charge in [0.05, 0.1) is 11.1 Å². The molecule has 40 heavy (non-hydrogen) atoms. The Labute approximate surface area is 230 Å². The number of amides is 3. The lowest BCUT2D eigenvalue weighted by molar-refractivity contribution is 0.261. The van der Waals surface area contributed by atoms with Crippen molar-refractivity contribution in [2.45, 2.75) is 31.1 Å². The highest BCUT2D eigenvalue weighted by Gasteiger charge is 2.21. The minimum atomic E-state index is -1.96. The molecule has 204 valence electrons. The Balaban J connectivity index is 1.39. The van der Waals surface area contributed by atoms with Gasteiger partial charge < -0.3 is 21.3 Å². The molecule has 14 heteroatoms. The normalized spacial score (nSPS) is 12.3. The molecule has 0 fully saturated rings. The number of aromatic nitrogens is 5. The van der Waals surface area contributed by atoms with E-state index in [0.717, 1.165) is 0 Å². The summed E-state index contributed by atoms with van der Waals surface area (Å²) in [6.07, 6.45) is 1.34. The van der Waals surface area contributed by atoms with Crippen LogP contribution in [0.2, 0.25) is 0 Å². The van der Waals surface area contributed by atoms with Gasteiger partial charge in [-0.05, 0) is 36.4 Å². The van der Waals surface area contributed by atoms with E-state index in [1.165, 1.54) is 18.5 Å². The minimum Gasteiger partial charge on any atom is -0.383 e. The summed E-state index contributed by atoms with van der Waals surface area (Å²) in [4.78, 5) is 32.5. The SMILES string of the molecule is CC(C)(C)c1cc(NC(=O)Nc2ccc(-n3nc(-c4ccc(S(=O)C(N)=O)cc4)c4c(N)ncnc43)cc2)no1. The molecule has 13 nitrogen and oxygen atoms in total. The summed E-state index contributed by atoms with van der Waals surface area (Å²) in [5.74, 6) is 1.19. The third-order valence-corrected chi connectivity index (χ3v) is 6.95. The fourth-order valence-electron chi connectivity index (χ4n) is 3.86. The number of nitrogens with two attached hydrogens (primary N) is 2. The van der Waals surface area contributed by atoms with Crippen molar-refractivity contribution in [2.75, 3.05) is 16.4 Å². The molecule has 2 aromatic carbocycles. The lowest BCUT2D eigenvalue weighted by atomic mass is 9.93.